The van der Waals surface area contributed by atoms with Gasteiger partial charge < -0.3 is 15.2 Å². The molecule has 2 aromatic rings. The summed E-state index contributed by atoms with van der Waals surface area (Å²) in [7, 11) is 2.85. The van der Waals surface area contributed by atoms with Crippen LogP contribution in [0.4, 0.5) is 5.69 Å². The first-order valence-electron chi connectivity index (χ1n) is 5.27. The predicted octanol–water partition coefficient (Wildman–Crippen LogP) is 2.79. The van der Waals surface area contributed by atoms with Gasteiger partial charge in [0.2, 0.25) is 0 Å². The number of esters is 1. The fraction of sp³-hybridized carbons (Fsp3) is 0.154. The normalized spacial score (nSPS) is 10.1. The Morgan fingerprint density at radius 2 is 2.06 bits per heavy atom. The molecule has 0 aliphatic rings. The van der Waals surface area contributed by atoms with Gasteiger partial charge in [-0.2, -0.15) is 0 Å². The summed E-state index contributed by atoms with van der Waals surface area (Å²) in [6, 6.07) is 7.14. The highest BCUT2D eigenvalue weighted by Crippen LogP contribution is 2.40. The Bertz CT molecular complexity index is 564. The summed E-state index contributed by atoms with van der Waals surface area (Å²) < 4.78 is 10.1. The lowest BCUT2D eigenvalue weighted by Crippen LogP contribution is -2.06. The van der Waals surface area contributed by atoms with Crippen molar-refractivity contribution < 1.29 is 14.3 Å². The lowest BCUT2D eigenvalue weighted by Gasteiger charge is -2.13. The number of thiophene rings is 1. The van der Waals surface area contributed by atoms with Gasteiger partial charge in [0.05, 0.1) is 19.8 Å². The first kappa shape index (κ1) is 12.4. The van der Waals surface area contributed by atoms with Crippen molar-refractivity contribution in [2.24, 2.45) is 0 Å². The van der Waals surface area contributed by atoms with Crippen LogP contribution >= 0.6 is 11.3 Å². The quantitative estimate of drug-likeness (QED) is 0.683. The summed E-state index contributed by atoms with van der Waals surface area (Å²) >= 11 is 1.54. The third kappa shape index (κ3) is 2.04. The van der Waals surface area contributed by atoms with Gasteiger partial charge in [0.1, 0.15) is 11.3 Å². The van der Waals surface area contributed by atoms with E-state index < -0.39 is 5.97 Å². The van der Waals surface area contributed by atoms with Crippen molar-refractivity contribution in [3.05, 3.63) is 35.2 Å². The van der Waals surface area contributed by atoms with Crippen LogP contribution in [0.5, 0.6) is 5.75 Å². The van der Waals surface area contributed by atoms with Crippen molar-refractivity contribution in [2.75, 3.05) is 20.0 Å². The van der Waals surface area contributed by atoms with Crippen molar-refractivity contribution >= 4 is 23.0 Å². The summed E-state index contributed by atoms with van der Waals surface area (Å²) in [4.78, 5) is 12.6. The molecule has 0 saturated carbocycles. The number of benzene rings is 1. The van der Waals surface area contributed by atoms with E-state index in [1.54, 1.807) is 12.1 Å². The largest absolute Gasteiger partial charge is 0.495 e. The zero-order chi connectivity index (χ0) is 13.1. The van der Waals surface area contributed by atoms with Crippen LogP contribution in [0, 0.1) is 0 Å². The van der Waals surface area contributed by atoms with E-state index in [4.69, 9.17) is 15.2 Å². The van der Waals surface area contributed by atoms with Crippen molar-refractivity contribution in [3.63, 3.8) is 0 Å². The number of carbonyl (C=O) groups is 1. The molecule has 0 amide bonds. The Balaban J connectivity index is 2.68. The van der Waals surface area contributed by atoms with Crippen molar-refractivity contribution in [2.45, 2.75) is 0 Å². The number of anilines is 1. The molecule has 0 radical (unpaired) electrons. The van der Waals surface area contributed by atoms with Crippen LogP contribution < -0.4 is 10.5 Å². The Kier molecular flexibility index (Phi) is 3.53. The zero-order valence-corrected chi connectivity index (χ0v) is 10.9. The number of ether oxygens (including phenoxy) is 2. The number of carbonyl (C=O) groups excluding carboxylic acids is 1. The number of nitrogen functional groups attached to an aromatic ring is 1. The SMILES string of the molecule is COC(=O)c1ccc(N)c(-c2cccs2)c1OC. The summed E-state index contributed by atoms with van der Waals surface area (Å²) in [5.41, 5.74) is 7.65. The molecule has 0 aliphatic carbocycles. The van der Waals surface area contributed by atoms with Gasteiger partial charge in [-0.15, -0.1) is 11.3 Å². The highest BCUT2D eigenvalue weighted by Gasteiger charge is 2.20. The van der Waals surface area contributed by atoms with Crippen molar-refractivity contribution in [1.82, 2.24) is 0 Å². The summed E-state index contributed by atoms with van der Waals surface area (Å²) in [5, 5.41) is 1.94. The van der Waals surface area contributed by atoms with Gasteiger partial charge in [-0.3, -0.25) is 0 Å². The van der Waals surface area contributed by atoms with E-state index in [-0.39, 0.29) is 0 Å². The first-order valence-corrected chi connectivity index (χ1v) is 6.15. The molecule has 0 unspecified atom stereocenters. The van der Waals surface area contributed by atoms with Crippen LogP contribution in [0.2, 0.25) is 0 Å². The second-order valence-corrected chi connectivity index (χ2v) is 4.53. The van der Waals surface area contributed by atoms with Crippen LogP contribution in [0.3, 0.4) is 0 Å². The molecule has 1 aromatic heterocycles. The Morgan fingerprint density at radius 1 is 1.28 bits per heavy atom. The van der Waals surface area contributed by atoms with Crippen LogP contribution in [-0.2, 0) is 4.74 Å². The second kappa shape index (κ2) is 5.10. The molecule has 0 aliphatic heterocycles. The van der Waals surface area contributed by atoms with Crippen LogP contribution in [0.25, 0.3) is 10.4 Å². The summed E-state index contributed by atoms with van der Waals surface area (Å²) in [5.74, 6) is 0.00829. The fourth-order valence-electron chi connectivity index (χ4n) is 1.76. The Hall–Kier alpha value is -2.01. The lowest BCUT2D eigenvalue weighted by molar-refractivity contribution is 0.0597. The number of nitrogens with two attached hydrogens (primary N) is 1. The van der Waals surface area contributed by atoms with E-state index in [0.29, 0.717) is 17.0 Å². The maximum atomic E-state index is 11.7. The average Bonchev–Trinajstić information content (AvgIpc) is 2.90. The molecule has 0 spiro atoms. The topological polar surface area (TPSA) is 61.5 Å². The molecule has 1 aromatic carbocycles. The van der Waals surface area contributed by atoms with E-state index in [0.717, 1.165) is 10.4 Å². The van der Waals surface area contributed by atoms with E-state index in [1.165, 1.54) is 25.6 Å². The minimum absolute atomic E-state index is 0.373. The van der Waals surface area contributed by atoms with Gasteiger partial charge >= 0.3 is 5.97 Å². The maximum absolute atomic E-state index is 11.7. The molecule has 0 saturated heterocycles. The van der Waals surface area contributed by atoms with Gasteiger partial charge in [-0.05, 0) is 23.6 Å². The highest BCUT2D eigenvalue weighted by molar-refractivity contribution is 7.13. The van der Waals surface area contributed by atoms with E-state index >= 15 is 0 Å². The molecular weight excluding hydrogens is 250 g/mol. The predicted molar refractivity (Wildman–Crippen MR) is 72.1 cm³/mol. The van der Waals surface area contributed by atoms with E-state index in [1.807, 2.05) is 17.5 Å². The van der Waals surface area contributed by atoms with Gasteiger partial charge in [0.25, 0.3) is 0 Å². The molecule has 4 nitrogen and oxygen atoms in total. The van der Waals surface area contributed by atoms with Gasteiger partial charge in [-0.25, -0.2) is 4.79 Å². The number of hydrogen-bond donors (Lipinski definition) is 1. The molecular formula is C13H13NO3S. The third-order valence-corrected chi connectivity index (χ3v) is 3.45. The monoisotopic (exact) mass is 263 g/mol. The summed E-state index contributed by atoms with van der Waals surface area (Å²) in [6.07, 6.45) is 0. The molecule has 0 atom stereocenters. The number of rotatable bonds is 3. The smallest absolute Gasteiger partial charge is 0.341 e. The third-order valence-electron chi connectivity index (χ3n) is 2.57. The highest BCUT2D eigenvalue weighted by atomic mass is 32.1. The van der Waals surface area contributed by atoms with Gasteiger partial charge in [-0.1, -0.05) is 6.07 Å². The molecule has 0 fully saturated rings. The standard InChI is InChI=1S/C13H13NO3S/c1-16-12-8(13(15)17-2)5-6-9(14)11(12)10-4-3-7-18-10/h3-7H,14H2,1-2H3. The molecule has 5 heteroatoms. The Labute approximate surface area is 109 Å². The molecule has 94 valence electrons. The minimum Gasteiger partial charge on any atom is -0.495 e. The van der Waals surface area contributed by atoms with Crippen LogP contribution in [0.1, 0.15) is 10.4 Å². The molecule has 2 rings (SSSR count). The van der Waals surface area contributed by atoms with Gasteiger partial charge in [0.15, 0.2) is 0 Å². The minimum atomic E-state index is -0.440. The number of hydrogen-bond acceptors (Lipinski definition) is 5. The lowest BCUT2D eigenvalue weighted by atomic mass is 10.0. The maximum Gasteiger partial charge on any atom is 0.341 e. The van der Waals surface area contributed by atoms with Crippen molar-refractivity contribution in [1.29, 1.82) is 0 Å². The van der Waals surface area contributed by atoms with Crippen LogP contribution in [0.15, 0.2) is 29.6 Å². The zero-order valence-electron chi connectivity index (χ0n) is 10.1. The van der Waals surface area contributed by atoms with E-state index in [9.17, 15) is 4.79 Å². The fourth-order valence-corrected chi connectivity index (χ4v) is 2.54. The van der Waals surface area contributed by atoms with Crippen LogP contribution in [-0.4, -0.2) is 20.2 Å². The van der Waals surface area contributed by atoms with E-state index in [2.05, 4.69) is 0 Å². The van der Waals surface area contributed by atoms with Gasteiger partial charge in [0, 0.05) is 10.6 Å². The molecule has 18 heavy (non-hydrogen) atoms. The second-order valence-electron chi connectivity index (χ2n) is 3.58. The molecule has 0 bridgehead atoms. The average molecular weight is 263 g/mol. The first-order chi connectivity index (χ1) is 8.69. The van der Waals surface area contributed by atoms with Crippen molar-refractivity contribution in [3.8, 4) is 16.2 Å². The Morgan fingerprint density at radius 3 is 2.61 bits per heavy atom. The molecule has 2 N–H and O–H groups in total. The number of methoxy groups -OCH3 is 2. The molecule has 1 heterocycles. The summed E-state index contributed by atoms with van der Waals surface area (Å²) in [6.45, 7) is 0.